The Bertz CT molecular complexity index is 578. The standard InChI is InChI=1S/C10H9F4N5/c1-19-17-9(16-18-19)5-15-6-2-3-8(11)7(4-6)10(12,13)14/h2-4,15H,5H2,1H3. The molecule has 9 heteroatoms. The SMILES string of the molecule is Cn1nnc(CNc2ccc(F)c(C(F)(F)F)c2)n1. The first-order valence-electron chi connectivity index (χ1n) is 5.20. The summed E-state index contributed by atoms with van der Waals surface area (Å²) in [5.74, 6) is -0.990. The molecule has 1 aromatic heterocycles. The van der Waals surface area contributed by atoms with E-state index < -0.39 is 17.6 Å². The van der Waals surface area contributed by atoms with Gasteiger partial charge in [0.15, 0.2) is 5.82 Å². The molecule has 0 saturated carbocycles. The molecule has 102 valence electrons. The number of alkyl halides is 3. The van der Waals surface area contributed by atoms with Gasteiger partial charge in [0.2, 0.25) is 0 Å². The Hall–Kier alpha value is -2.19. The average Bonchev–Trinajstić information content (AvgIpc) is 2.72. The van der Waals surface area contributed by atoms with Crippen LogP contribution in [0.25, 0.3) is 0 Å². The van der Waals surface area contributed by atoms with Gasteiger partial charge in [-0.25, -0.2) is 4.39 Å². The largest absolute Gasteiger partial charge is 0.419 e. The van der Waals surface area contributed by atoms with E-state index in [4.69, 9.17) is 0 Å². The van der Waals surface area contributed by atoms with Crippen LogP contribution in [0.1, 0.15) is 11.4 Å². The number of hydrogen-bond acceptors (Lipinski definition) is 4. The summed E-state index contributed by atoms with van der Waals surface area (Å²) in [6, 6.07) is 2.67. The van der Waals surface area contributed by atoms with Crippen LogP contribution in [0, 0.1) is 5.82 Å². The molecule has 1 aromatic carbocycles. The third kappa shape index (κ3) is 3.18. The number of hydrogen-bond donors (Lipinski definition) is 1. The maximum Gasteiger partial charge on any atom is 0.419 e. The fourth-order valence-electron chi connectivity index (χ4n) is 1.43. The summed E-state index contributed by atoms with van der Waals surface area (Å²) in [7, 11) is 1.57. The van der Waals surface area contributed by atoms with Crippen molar-refractivity contribution < 1.29 is 17.6 Å². The number of halogens is 4. The molecule has 1 heterocycles. The van der Waals surface area contributed by atoms with Crippen molar-refractivity contribution in [3.05, 3.63) is 35.4 Å². The number of rotatable bonds is 3. The molecule has 0 amide bonds. The maximum atomic E-state index is 13.0. The summed E-state index contributed by atoms with van der Waals surface area (Å²) >= 11 is 0. The highest BCUT2D eigenvalue weighted by Crippen LogP contribution is 2.32. The van der Waals surface area contributed by atoms with Crippen LogP contribution in [0.5, 0.6) is 0 Å². The van der Waals surface area contributed by atoms with Gasteiger partial charge in [-0.3, -0.25) is 0 Å². The van der Waals surface area contributed by atoms with Gasteiger partial charge in [-0.1, -0.05) is 0 Å². The van der Waals surface area contributed by atoms with Crippen molar-refractivity contribution in [2.24, 2.45) is 7.05 Å². The van der Waals surface area contributed by atoms with Gasteiger partial charge in [0.05, 0.1) is 19.2 Å². The highest BCUT2D eigenvalue weighted by Gasteiger charge is 2.34. The van der Waals surface area contributed by atoms with Crippen LogP contribution in [0.2, 0.25) is 0 Å². The number of anilines is 1. The normalized spacial score (nSPS) is 11.6. The lowest BCUT2D eigenvalue weighted by Gasteiger charge is -2.10. The van der Waals surface area contributed by atoms with Crippen molar-refractivity contribution in [2.45, 2.75) is 12.7 Å². The van der Waals surface area contributed by atoms with Crippen molar-refractivity contribution in [3.63, 3.8) is 0 Å². The molecule has 2 rings (SSSR count). The van der Waals surface area contributed by atoms with E-state index in [1.807, 2.05) is 0 Å². The highest BCUT2D eigenvalue weighted by atomic mass is 19.4. The lowest BCUT2D eigenvalue weighted by molar-refractivity contribution is -0.139. The predicted octanol–water partition coefficient (Wildman–Crippen LogP) is 1.98. The molecule has 1 N–H and O–H groups in total. The molecule has 0 unspecified atom stereocenters. The van der Waals surface area contributed by atoms with Crippen molar-refractivity contribution in [3.8, 4) is 0 Å². The van der Waals surface area contributed by atoms with Crippen molar-refractivity contribution in [1.29, 1.82) is 0 Å². The average molecular weight is 275 g/mol. The first-order valence-corrected chi connectivity index (χ1v) is 5.20. The number of tetrazole rings is 1. The van der Waals surface area contributed by atoms with Gasteiger partial charge in [-0.05, 0) is 23.4 Å². The van der Waals surface area contributed by atoms with E-state index in [0.29, 0.717) is 11.9 Å². The van der Waals surface area contributed by atoms with E-state index in [0.717, 1.165) is 6.07 Å². The molecule has 0 aliphatic rings. The van der Waals surface area contributed by atoms with E-state index >= 15 is 0 Å². The minimum absolute atomic E-state index is 0.0940. The maximum absolute atomic E-state index is 13.0. The van der Waals surface area contributed by atoms with Crippen LogP contribution in [0.4, 0.5) is 23.2 Å². The minimum atomic E-state index is -4.73. The van der Waals surface area contributed by atoms with E-state index in [-0.39, 0.29) is 12.2 Å². The summed E-state index contributed by atoms with van der Waals surface area (Å²) in [5.41, 5.74) is -1.19. The Kier molecular flexibility index (Phi) is 3.36. The first kappa shape index (κ1) is 13.2. The molecule has 0 radical (unpaired) electrons. The molecule has 0 spiro atoms. The molecular weight excluding hydrogens is 266 g/mol. The third-order valence-corrected chi connectivity index (χ3v) is 2.27. The second-order valence-corrected chi connectivity index (χ2v) is 3.74. The molecule has 0 fully saturated rings. The van der Waals surface area contributed by atoms with Gasteiger partial charge >= 0.3 is 6.18 Å². The smallest absolute Gasteiger partial charge is 0.378 e. The van der Waals surface area contributed by atoms with Crippen LogP contribution in [0.3, 0.4) is 0 Å². The summed E-state index contributed by atoms with van der Waals surface area (Å²) < 4.78 is 50.5. The van der Waals surface area contributed by atoms with Crippen LogP contribution >= 0.6 is 0 Å². The lowest BCUT2D eigenvalue weighted by Crippen LogP contribution is -2.09. The van der Waals surface area contributed by atoms with Gasteiger partial charge in [-0.15, -0.1) is 10.2 Å². The molecule has 19 heavy (non-hydrogen) atoms. The summed E-state index contributed by atoms with van der Waals surface area (Å²) in [6.45, 7) is 0.0940. The Morgan fingerprint density at radius 1 is 1.32 bits per heavy atom. The van der Waals surface area contributed by atoms with Gasteiger partial charge < -0.3 is 5.32 Å². The molecule has 0 aliphatic heterocycles. The molecule has 5 nitrogen and oxygen atoms in total. The van der Waals surface area contributed by atoms with E-state index in [1.54, 1.807) is 7.05 Å². The molecule has 2 aromatic rings. The Morgan fingerprint density at radius 3 is 2.63 bits per heavy atom. The molecule has 0 aliphatic carbocycles. The summed E-state index contributed by atoms with van der Waals surface area (Å²) in [4.78, 5) is 1.23. The number of nitrogens with zero attached hydrogens (tertiary/aromatic N) is 4. The fraction of sp³-hybridized carbons (Fsp3) is 0.300. The lowest BCUT2D eigenvalue weighted by atomic mass is 10.2. The van der Waals surface area contributed by atoms with Gasteiger partial charge in [0, 0.05) is 5.69 Å². The fourth-order valence-corrected chi connectivity index (χ4v) is 1.43. The van der Waals surface area contributed by atoms with Crippen molar-refractivity contribution in [1.82, 2.24) is 20.2 Å². The molecule has 0 saturated heterocycles. The van der Waals surface area contributed by atoms with Crippen LogP contribution < -0.4 is 5.32 Å². The van der Waals surface area contributed by atoms with E-state index in [1.165, 1.54) is 10.9 Å². The quantitative estimate of drug-likeness (QED) is 0.870. The molecule has 0 bridgehead atoms. The predicted molar refractivity (Wildman–Crippen MR) is 57.5 cm³/mol. The number of aryl methyl sites for hydroxylation is 1. The first-order chi connectivity index (χ1) is 8.86. The molecule has 0 atom stereocenters. The molecular formula is C10H9F4N5. The summed E-state index contributed by atoms with van der Waals surface area (Å²) in [6.07, 6.45) is -4.73. The van der Waals surface area contributed by atoms with Crippen LogP contribution in [-0.4, -0.2) is 20.2 Å². The van der Waals surface area contributed by atoms with Crippen molar-refractivity contribution >= 4 is 5.69 Å². The van der Waals surface area contributed by atoms with Gasteiger partial charge in [0.25, 0.3) is 0 Å². The van der Waals surface area contributed by atoms with Crippen LogP contribution in [-0.2, 0) is 19.8 Å². The topological polar surface area (TPSA) is 55.6 Å². The zero-order chi connectivity index (χ0) is 14.0. The van der Waals surface area contributed by atoms with Gasteiger partial charge in [0.1, 0.15) is 5.82 Å². The van der Waals surface area contributed by atoms with E-state index in [9.17, 15) is 17.6 Å². The zero-order valence-electron chi connectivity index (χ0n) is 9.74. The number of benzene rings is 1. The number of nitrogens with one attached hydrogen (secondary N) is 1. The second kappa shape index (κ2) is 4.82. The van der Waals surface area contributed by atoms with Crippen LogP contribution in [0.15, 0.2) is 18.2 Å². The zero-order valence-corrected chi connectivity index (χ0v) is 9.74. The third-order valence-electron chi connectivity index (χ3n) is 2.27. The van der Waals surface area contributed by atoms with E-state index in [2.05, 4.69) is 20.7 Å². The Labute approximate surface area is 105 Å². The Balaban J connectivity index is 2.13. The minimum Gasteiger partial charge on any atom is -0.378 e. The second-order valence-electron chi connectivity index (χ2n) is 3.74. The highest BCUT2D eigenvalue weighted by molar-refractivity contribution is 5.47. The van der Waals surface area contributed by atoms with Crippen molar-refractivity contribution in [2.75, 3.05) is 5.32 Å². The Morgan fingerprint density at radius 2 is 2.05 bits per heavy atom. The summed E-state index contributed by atoms with van der Waals surface area (Å²) in [5, 5.41) is 13.8. The monoisotopic (exact) mass is 275 g/mol. The van der Waals surface area contributed by atoms with Gasteiger partial charge in [-0.2, -0.15) is 18.0 Å². The number of aromatic nitrogens is 4.